The van der Waals surface area contributed by atoms with Gasteiger partial charge in [-0.05, 0) is 37.6 Å². The maximum Gasteiger partial charge on any atom is 0.254 e. The SMILES string of the molecule is Cc1ccc(C(=O)NCCCN)c(F)c1. The molecule has 0 aliphatic rings. The van der Waals surface area contributed by atoms with E-state index in [9.17, 15) is 9.18 Å². The van der Waals surface area contributed by atoms with Crippen LogP contribution in [0.2, 0.25) is 0 Å². The number of benzene rings is 1. The van der Waals surface area contributed by atoms with E-state index >= 15 is 0 Å². The highest BCUT2D eigenvalue weighted by Gasteiger charge is 2.10. The van der Waals surface area contributed by atoms with E-state index in [0.717, 1.165) is 5.56 Å². The van der Waals surface area contributed by atoms with Crippen LogP contribution >= 0.6 is 0 Å². The van der Waals surface area contributed by atoms with Gasteiger partial charge in [-0.1, -0.05) is 6.07 Å². The Morgan fingerprint density at radius 2 is 2.27 bits per heavy atom. The zero-order valence-corrected chi connectivity index (χ0v) is 8.72. The topological polar surface area (TPSA) is 55.1 Å². The van der Waals surface area contributed by atoms with Crippen molar-refractivity contribution in [2.75, 3.05) is 13.1 Å². The molecule has 0 saturated heterocycles. The Kier molecular flexibility index (Phi) is 4.24. The molecule has 82 valence electrons. The Morgan fingerprint density at radius 3 is 2.87 bits per heavy atom. The van der Waals surface area contributed by atoms with Crippen LogP contribution < -0.4 is 11.1 Å². The van der Waals surface area contributed by atoms with E-state index < -0.39 is 5.82 Å². The first-order valence-electron chi connectivity index (χ1n) is 4.89. The highest BCUT2D eigenvalue weighted by molar-refractivity contribution is 5.94. The number of hydrogen-bond acceptors (Lipinski definition) is 2. The predicted octanol–water partition coefficient (Wildman–Crippen LogP) is 1.21. The Bertz CT molecular complexity index is 352. The van der Waals surface area contributed by atoms with Gasteiger partial charge in [0.25, 0.3) is 5.91 Å². The Morgan fingerprint density at radius 1 is 1.53 bits per heavy atom. The number of nitrogens with two attached hydrogens (primary N) is 1. The fraction of sp³-hybridized carbons (Fsp3) is 0.364. The van der Waals surface area contributed by atoms with Crippen molar-refractivity contribution in [2.45, 2.75) is 13.3 Å². The Balaban J connectivity index is 2.65. The second kappa shape index (κ2) is 5.46. The van der Waals surface area contributed by atoms with Crippen molar-refractivity contribution in [3.63, 3.8) is 0 Å². The van der Waals surface area contributed by atoms with Gasteiger partial charge in [0.05, 0.1) is 5.56 Å². The van der Waals surface area contributed by atoms with E-state index in [0.29, 0.717) is 19.5 Å². The van der Waals surface area contributed by atoms with E-state index in [1.165, 1.54) is 12.1 Å². The molecule has 1 aromatic rings. The van der Waals surface area contributed by atoms with Crippen LogP contribution in [0, 0.1) is 12.7 Å². The van der Waals surface area contributed by atoms with Crippen LogP contribution in [-0.2, 0) is 0 Å². The molecular formula is C11H15FN2O. The number of nitrogens with one attached hydrogen (secondary N) is 1. The molecule has 0 atom stereocenters. The zero-order valence-electron chi connectivity index (χ0n) is 8.72. The maximum atomic E-state index is 13.3. The number of amides is 1. The molecule has 0 spiro atoms. The molecular weight excluding hydrogens is 195 g/mol. The first-order valence-corrected chi connectivity index (χ1v) is 4.89. The molecule has 3 nitrogen and oxygen atoms in total. The van der Waals surface area contributed by atoms with Crippen LogP contribution in [0.3, 0.4) is 0 Å². The van der Waals surface area contributed by atoms with Crippen LogP contribution in [0.1, 0.15) is 22.3 Å². The summed E-state index contributed by atoms with van der Waals surface area (Å²) >= 11 is 0. The third-order valence-electron chi connectivity index (χ3n) is 2.04. The highest BCUT2D eigenvalue weighted by atomic mass is 19.1. The van der Waals surface area contributed by atoms with Crippen molar-refractivity contribution in [1.29, 1.82) is 0 Å². The Labute approximate surface area is 88.5 Å². The minimum Gasteiger partial charge on any atom is -0.352 e. The van der Waals surface area contributed by atoms with Crippen LogP contribution in [0.4, 0.5) is 4.39 Å². The van der Waals surface area contributed by atoms with Crippen molar-refractivity contribution in [3.05, 3.63) is 35.1 Å². The number of rotatable bonds is 4. The molecule has 1 amide bonds. The molecule has 0 bridgehead atoms. The summed E-state index contributed by atoms with van der Waals surface area (Å²) < 4.78 is 13.3. The minimum absolute atomic E-state index is 0.0811. The first-order chi connectivity index (χ1) is 7.15. The summed E-state index contributed by atoms with van der Waals surface area (Å²) in [6.07, 6.45) is 0.694. The predicted molar refractivity (Wildman–Crippen MR) is 57.1 cm³/mol. The lowest BCUT2D eigenvalue weighted by Crippen LogP contribution is -2.26. The molecule has 15 heavy (non-hydrogen) atoms. The number of hydrogen-bond donors (Lipinski definition) is 2. The average molecular weight is 210 g/mol. The smallest absolute Gasteiger partial charge is 0.254 e. The monoisotopic (exact) mass is 210 g/mol. The lowest BCUT2D eigenvalue weighted by atomic mass is 10.1. The van der Waals surface area contributed by atoms with Crippen LogP contribution in [0.5, 0.6) is 0 Å². The molecule has 0 saturated carbocycles. The van der Waals surface area contributed by atoms with Crippen molar-refractivity contribution in [2.24, 2.45) is 5.73 Å². The highest BCUT2D eigenvalue weighted by Crippen LogP contribution is 2.09. The maximum absolute atomic E-state index is 13.3. The molecule has 0 fully saturated rings. The van der Waals surface area contributed by atoms with E-state index in [1.807, 2.05) is 0 Å². The normalized spacial score (nSPS) is 10.1. The fourth-order valence-corrected chi connectivity index (χ4v) is 1.20. The summed E-state index contributed by atoms with van der Waals surface area (Å²) in [7, 11) is 0. The number of carbonyl (C=O) groups is 1. The molecule has 1 rings (SSSR count). The minimum atomic E-state index is -0.486. The summed E-state index contributed by atoms with van der Waals surface area (Å²) in [5, 5.41) is 2.60. The molecule has 0 heterocycles. The van der Waals surface area contributed by atoms with Crippen molar-refractivity contribution in [3.8, 4) is 0 Å². The van der Waals surface area contributed by atoms with E-state index in [2.05, 4.69) is 5.32 Å². The van der Waals surface area contributed by atoms with Gasteiger partial charge in [-0.25, -0.2) is 4.39 Å². The molecule has 0 radical (unpaired) electrons. The van der Waals surface area contributed by atoms with Gasteiger partial charge in [0.2, 0.25) is 0 Å². The number of halogens is 1. The lowest BCUT2D eigenvalue weighted by Gasteiger charge is -2.05. The largest absolute Gasteiger partial charge is 0.352 e. The van der Waals surface area contributed by atoms with E-state index in [-0.39, 0.29) is 11.5 Å². The van der Waals surface area contributed by atoms with Gasteiger partial charge in [-0.3, -0.25) is 4.79 Å². The van der Waals surface area contributed by atoms with Crippen molar-refractivity contribution < 1.29 is 9.18 Å². The molecule has 3 N–H and O–H groups in total. The van der Waals surface area contributed by atoms with Gasteiger partial charge in [-0.2, -0.15) is 0 Å². The van der Waals surface area contributed by atoms with Gasteiger partial charge in [0.1, 0.15) is 5.82 Å². The Hall–Kier alpha value is -1.42. The standard InChI is InChI=1S/C11H15FN2O/c1-8-3-4-9(10(12)7-8)11(15)14-6-2-5-13/h3-4,7H,2,5-6,13H2,1H3,(H,14,15). The van der Waals surface area contributed by atoms with Crippen LogP contribution in [-0.4, -0.2) is 19.0 Å². The lowest BCUT2D eigenvalue weighted by molar-refractivity contribution is 0.0949. The van der Waals surface area contributed by atoms with Gasteiger partial charge >= 0.3 is 0 Å². The molecule has 0 aromatic heterocycles. The molecule has 1 aromatic carbocycles. The van der Waals surface area contributed by atoms with Crippen molar-refractivity contribution in [1.82, 2.24) is 5.32 Å². The molecule has 0 aliphatic heterocycles. The summed E-state index contributed by atoms with van der Waals surface area (Å²) in [5.74, 6) is -0.874. The average Bonchev–Trinajstić information content (AvgIpc) is 2.17. The number of aryl methyl sites for hydroxylation is 1. The van der Waals surface area contributed by atoms with Gasteiger partial charge in [0, 0.05) is 6.54 Å². The zero-order chi connectivity index (χ0) is 11.3. The second-order valence-corrected chi connectivity index (χ2v) is 3.38. The third kappa shape index (κ3) is 3.32. The first kappa shape index (κ1) is 11.7. The van der Waals surface area contributed by atoms with Gasteiger partial charge < -0.3 is 11.1 Å². The van der Waals surface area contributed by atoms with Gasteiger partial charge in [0.15, 0.2) is 0 Å². The van der Waals surface area contributed by atoms with Crippen molar-refractivity contribution >= 4 is 5.91 Å². The fourth-order valence-electron chi connectivity index (χ4n) is 1.20. The van der Waals surface area contributed by atoms with E-state index in [4.69, 9.17) is 5.73 Å². The quantitative estimate of drug-likeness (QED) is 0.734. The second-order valence-electron chi connectivity index (χ2n) is 3.38. The molecule has 4 heteroatoms. The molecule has 0 unspecified atom stereocenters. The van der Waals surface area contributed by atoms with Crippen LogP contribution in [0.15, 0.2) is 18.2 Å². The summed E-state index contributed by atoms with van der Waals surface area (Å²) in [4.78, 5) is 11.5. The van der Waals surface area contributed by atoms with E-state index in [1.54, 1.807) is 13.0 Å². The summed E-state index contributed by atoms with van der Waals surface area (Å²) in [6.45, 7) is 2.76. The third-order valence-corrected chi connectivity index (χ3v) is 2.04. The summed E-state index contributed by atoms with van der Waals surface area (Å²) in [5.41, 5.74) is 6.16. The molecule has 0 aliphatic carbocycles. The van der Waals surface area contributed by atoms with Gasteiger partial charge in [-0.15, -0.1) is 0 Å². The van der Waals surface area contributed by atoms with Crippen LogP contribution in [0.25, 0.3) is 0 Å². The number of carbonyl (C=O) groups excluding carboxylic acids is 1. The summed E-state index contributed by atoms with van der Waals surface area (Å²) in [6, 6.07) is 4.54.